The number of nitrogens with zero attached hydrogens (tertiary/aromatic N) is 9. The maximum Gasteiger partial charge on any atom is 0.324 e. The van der Waals surface area contributed by atoms with Crippen molar-refractivity contribution in [3.8, 4) is 16.9 Å². The van der Waals surface area contributed by atoms with Crippen molar-refractivity contribution in [3.63, 3.8) is 0 Å². The minimum Gasteiger partial charge on any atom is -0.464 e. The molecule has 6 heterocycles. The maximum absolute atomic E-state index is 14.5. The molecule has 6 bridgehead atoms. The second kappa shape index (κ2) is 19.0. The lowest BCUT2D eigenvalue weighted by Gasteiger charge is -2.36. The summed E-state index contributed by atoms with van der Waals surface area (Å²) in [5.74, 6) is -2.71. The molecule has 2 N–H and O–H groups in total. The number of hydrogen-bond donors (Lipinski definition) is 2. The number of hydrogen-bond acceptors (Lipinski definition) is 12. The van der Waals surface area contributed by atoms with Crippen molar-refractivity contribution in [3.05, 3.63) is 66.3 Å². The van der Waals surface area contributed by atoms with Gasteiger partial charge < -0.3 is 29.2 Å². The number of benzene rings is 1. The van der Waals surface area contributed by atoms with Crippen LogP contribution >= 0.6 is 0 Å². The van der Waals surface area contributed by atoms with E-state index in [1.807, 2.05) is 45.0 Å². The highest BCUT2D eigenvalue weighted by molar-refractivity contribution is 5.95. The third-order valence-electron chi connectivity index (χ3n) is 12.7. The highest BCUT2D eigenvalue weighted by Gasteiger charge is 2.40. The number of likely N-dealkylation sites (tertiary alicyclic amines) is 1. The predicted molar refractivity (Wildman–Crippen MR) is 237 cm³/mol. The number of carbonyl (C=O) groups excluding carboxylic acids is 5. The zero-order valence-electron chi connectivity index (χ0n) is 38.2. The van der Waals surface area contributed by atoms with Crippen molar-refractivity contribution in [2.45, 2.75) is 104 Å². The number of fused-ring (bicyclic) bond motifs is 6. The number of esters is 1. The van der Waals surface area contributed by atoms with E-state index in [1.54, 1.807) is 25.3 Å². The van der Waals surface area contributed by atoms with E-state index in [-0.39, 0.29) is 55.8 Å². The van der Waals surface area contributed by atoms with Gasteiger partial charge in [0.15, 0.2) is 5.82 Å². The van der Waals surface area contributed by atoms with Crippen LogP contribution in [0.2, 0.25) is 0 Å². The summed E-state index contributed by atoms with van der Waals surface area (Å²) >= 11 is 0. The summed E-state index contributed by atoms with van der Waals surface area (Å²) in [7, 11) is 3.24. The van der Waals surface area contributed by atoms with Crippen LogP contribution in [-0.2, 0) is 52.8 Å². The number of amides is 4. The molecule has 0 radical (unpaired) electrons. The summed E-state index contributed by atoms with van der Waals surface area (Å²) in [6.07, 6.45) is 4.50. The van der Waals surface area contributed by atoms with Gasteiger partial charge in [-0.2, -0.15) is 0 Å². The molecule has 1 unspecified atom stereocenters. The third kappa shape index (κ3) is 9.29. The normalized spacial score (nSPS) is 21.3. The first kappa shape index (κ1) is 46.0. The molecular weight excluding hydrogens is 819 g/mol. The molecule has 3 aliphatic heterocycles. The van der Waals surface area contributed by atoms with Crippen LogP contribution in [-0.4, -0.2) is 133 Å². The average Bonchev–Trinajstić information content (AvgIpc) is 4.05. The largest absolute Gasteiger partial charge is 0.464 e. The number of carbonyl (C=O) groups is 5. The SMILES string of the molecule is C=CC(=O)N1CC[C@H](C(=O)N(C)C(C(=O)N[C@H]2Cc3nnn(n3)-c3ccc4c(c3)c(c(-c3cccnc3[C@H](C)OC)n4CC)CC(C)(C)COC(=O)[C@@H]3CCCN(N3)C2=O)C(C)C)C1. The lowest BCUT2D eigenvalue weighted by molar-refractivity contribution is -0.155. The van der Waals surface area contributed by atoms with Gasteiger partial charge >= 0.3 is 5.97 Å². The van der Waals surface area contributed by atoms with Gasteiger partial charge in [-0.1, -0.05) is 34.3 Å². The molecule has 18 heteroatoms. The number of tetrazole rings is 1. The quantitative estimate of drug-likeness (QED) is 0.174. The molecule has 342 valence electrons. The maximum atomic E-state index is 14.5. The topological polar surface area (TPSA) is 199 Å². The molecule has 0 aliphatic carbocycles. The molecule has 3 aliphatic rings. The van der Waals surface area contributed by atoms with Gasteiger partial charge in [0.2, 0.25) is 17.7 Å². The minimum atomic E-state index is -1.21. The fourth-order valence-electron chi connectivity index (χ4n) is 9.32. The van der Waals surface area contributed by atoms with Crippen LogP contribution in [0.3, 0.4) is 0 Å². The van der Waals surface area contributed by atoms with Crippen molar-refractivity contribution >= 4 is 40.5 Å². The highest BCUT2D eigenvalue weighted by Crippen LogP contribution is 2.41. The second-order valence-corrected chi connectivity index (χ2v) is 18.2. The summed E-state index contributed by atoms with van der Waals surface area (Å²) < 4.78 is 14.1. The summed E-state index contributed by atoms with van der Waals surface area (Å²) in [4.78, 5) is 78.0. The number of nitrogens with one attached hydrogen (secondary N) is 2. The van der Waals surface area contributed by atoms with Crippen molar-refractivity contribution < 1.29 is 33.4 Å². The molecule has 3 aromatic heterocycles. The Bertz CT molecular complexity index is 2420. The van der Waals surface area contributed by atoms with Gasteiger partial charge in [0.1, 0.15) is 18.1 Å². The molecule has 2 saturated heterocycles. The molecule has 0 saturated carbocycles. The summed E-state index contributed by atoms with van der Waals surface area (Å²) in [5, 5.41) is 18.8. The van der Waals surface area contributed by atoms with Crippen LogP contribution in [0, 0.1) is 17.3 Å². The second-order valence-electron chi connectivity index (χ2n) is 18.2. The Kier molecular flexibility index (Phi) is 13.6. The Hall–Kier alpha value is -6.01. The molecule has 0 spiro atoms. The number of aromatic nitrogens is 6. The number of rotatable bonds is 10. The lowest BCUT2D eigenvalue weighted by Crippen LogP contribution is -2.62. The number of pyridine rings is 1. The van der Waals surface area contributed by atoms with Crippen LogP contribution in [0.15, 0.2) is 49.2 Å². The molecule has 5 atom stereocenters. The zero-order valence-corrected chi connectivity index (χ0v) is 38.2. The van der Waals surface area contributed by atoms with E-state index in [0.29, 0.717) is 44.5 Å². The number of aryl methyl sites for hydroxylation is 1. The molecule has 4 amide bonds. The van der Waals surface area contributed by atoms with Crippen molar-refractivity contribution in [2.24, 2.45) is 17.3 Å². The van der Waals surface area contributed by atoms with Gasteiger partial charge in [0.05, 0.1) is 35.7 Å². The van der Waals surface area contributed by atoms with Crippen LogP contribution in [0.5, 0.6) is 0 Å². The summed E-state index contributed by atoms with van der Waals surface area (Å²) in [6.45, 7) is 17.1. The third-order valence-corrected chi connectivity index (χ3v) is 12.7. The number of methoxy groups -OCH3 is 1. The van der Waals surface area contributed by atoms with Gasteiger partial charge in [-0.3, -0.25) is 34.0 Å². The van der Waals surface area contributed by atoms with Gasteiger partial charge in [0, 0.05) is 74.8 Å². The Balaban J connectivity index is 1.27. The van der Waals surface area contributed by atoms with E-state index in [4.69, 9.17) is 19.6 Å². The zero-order chi connectivity index (χ0) is 46.0. The number of cyclic esters (lactones) is 1. The van der Waals surface area contributed by atoms with E-state index in [2.05, 4.69) is 59.0 Å². The monoisotopic (exact) mass is 879 g/mol. The van der Waals surface area contributed by atoms with Gasteiger partial charge in [-0.15, -0.1) is 15.0 Å². The predicted octanol–water partition coefficient (Wildman–Crippen LogP) is 3.57. The average molecular weight is 880 g/mol. The minimum absolute atomic E-state index is 0.100. The van der Waals surface area contributed by atoms with E-state index >= 15 is 0 Å². The Morgan fingerprint density at radius 3 is 2.64 bits per heavy atom. The smallest absolute Gasteiger partial charge is 0.324 e. The molecule has 64 heavy (non-hydrogen) atoms. The van der Waals surface area contributed by atoms with Gasteiger partial charge in [-0.25, -0.2) is 5.43 Å². The van der Waals surface area contributed by atoms with E-state index in [0.717, 1.165) is 33.4 Å². The number of ether oxygens (including phenoxy) is 2. The van der Waals surface area contributed by atoms with E-state index in [9.17, 15) is 24.0 Å². The summed E-state index contributed by atoms with van der Waals surface area (Å²) in [6, 6.07) is 6.97. The van der Waals surface area contributed by atoms with Crippen LogP contribution in [0.4, 0.5) is 0 Å². The number of likely N-dealkylation sites (N-methyl/N-ethyl adjacent to an activating group) is 1. The molecular formula is C46H61N11O7. The molecule has 2 fully saturated rings. The van der Waals surface area contributed by atoms with E-state index < -0.39 is 47.2 Å². The fraction of sp³-hybridized carbons (Fsp3) is 0.543. The lowest BCUT2D eigenvalue weighted by atomic mass is 9.84. The molecule has 18 nitrogen and oxygen atoms in total. The van der Waals surface area contributed by atoms with Crippen molar-refractivity contribution in [1.29, 1.82) is 0 Å². The Morgan fingerprint density at radius 1 is 1.14 bits per heavy atom. The molecule has 1 aromatic carbocycles. The van der Waals surface area contributed by atoms with Crippen LogP contribution in [0.1, 0.15) is 84.0 Å². The van der Waals surface area contributed by atoms with Crippen molar-refractivity contribution in [1.82, 2.24) is 55.3 Å². The van der Waals surface area contributed by atoms with Gasteiger partial charge in [-0.05, 0) is 92.6 Å². The number of hydrazine groups is 1. The Morgan fingerprint density at radius 2 is 1.92 bits per heavy atom. The van der Waals surface area contributed by atoms with E-state index in [1.165, 1.54) is 20.8 Å². The molecule has 4 aromatic rings. The first-order chi connectivity index (χ1) is 30.5. The van der Waals surface area contributed by atoms with Crippen molar-refractivity contribution in [2.75, 3.05) is 40.4 Å². The van der Waals surface area contributed by atoms with Crippen LogP contribution in [0.25, 0.3) is 27.8 Å². The highest BCUT2D eigenvalue weighted by atomic mass is 16.5. The van der Waals surface area contributed by atoms with Gasteiger partial charge in [0.25, 0.3) is 5.91 Å². The molecule has 7 rings (SSSR count). The van der Waals surface area contributed by atoms with Crippen LogP contribution < -0.4 is 10.7 Å². The summed E-state index contributed by atoms with van der Waals surface area (Å²) in [5.41, 5.74) is 7.92. The fourth-order valence-corrected chi connectivity index (χ4v) is 9.32. The first-order valence-electron chi connectivity index (χ1n) is 22.2. The first-order valence-corrected chi connectivity index (χ1v) is 22.2. The standard InChI is InChI=1S/C46H61N11O7/c1-10-38(58)54-21-18-29(25-54)43(60)53(8)40(27(3)4)42(59)48-35-23-37-49-52-57(51-37)30-16-17-36-32(22-30)33(41(55(36)11-2)31-14-12-19-47-39(31)28(5)63-9)24-46(6,7)26-64-45(62)34-15-13-20-56(50-34)44(35)61/h10,12,14,16-17,19,22,27-29,34-35,40,50H,1,11,13,15,18,20-21,23-26H2,2-9H3,(H,48,59)/t28-,29-,34-,35-,40?/m0/s1. The Labute approximate surface area is 373 Å².